The lowest BCUT2D eigenvalue weighted by atomic mass is 10.1. The molecule has 0 spiro atoms. The highest BCUT2D eigenvalue weighted by molar-refractivity contribution is 7.89. The average Bonchev–Trinajstić information content (AvgIpc) is 2.78. The summed E-state index contributed by atoms with van der Waals surface area (Å²) in [6, 6.07) is 14.0. The minimum absolute atomic E-state index is 0.138. The van der Waals surface area contributed by atoms with Gasteiger partial charge in [0, 0.05) is 44.8 Å². The van der Waals surface area contributed by atoms with E-state index in [4.69, 9.17) is 16.3 Å². The van der Waals surface area contributed by atoms with Crippen LogP contribution in [0.4, 0.5) is 5.69 Å². The summed E-state index contributed by atoms with van der Waals surface area (Å²) in [6.07, 6.45) is -0.347. The van der Waals surface area contributed by atoms with E-state index in [-0.39, 0.29) is 23.0 Å². The van der Waals surface area contributed by atoms with E-state index < -0.39 is 10.0 Å². The Bertz CT molecular complexity index is 1080. The Morgan fingerprint density at radius 2 is 1.62 bits per heavy atom. The van der Waals surface area contributed by atoms with Gasteiger partial charge in [0.05, 0.1) is 27.8 Å². The normalized spacial score (nSPS) is 22.7. The van der Waals surface area contributed by atoms with Crippen LogP contribution in [-0.4, -0.2) is 75.0 Å². The number of hydrogen-bond donors (Lipinski definition) is 0. The second-order valence-corrected chi connectivity index (χ2v) is 10.7. The summed E-state index contributed by atoms with van der Waals surface area (Å²) in [4.78, 5) is 17.2. The van der Waals surface area contributed by atoms with Crippen LogP contribution in [0.2, 0.25) is 5.02 Å². The number of carbonyl (C=O) groups is 1. The highest BCUT2D eigenvalue weighted by Gasteiger charge is 2.33. The van der Waals surface area contributed by atoms with Gasteiger partial charge in [-0.3, -0.25) is 4.79 Å². The molecule has 2 aliphatic rings. The molecule has 0 saturated carbocycles. The van der Waals surface area contributed by atoms with Crippen molar-refractivity contribution in [2.75, 3.05) is 44.2 Å². The maximum Gasteiger partial charge on any atom is 0.254 e. The average molecular weight is 478 g/mol. The number of hydrogen-bond acceptors (Lipinski definition) is 5. The Hall–Kier alpha value is -2.13. The van der Waals surface area contributed by atoms with Gasteiger partial charge in [0.25, 0.3) is 5.91 Å². The highest BCUT2D eigenvalue weighted by atomic mass is 35.5. The number of carbonyl (C=O) groups excluding carboxylic acids is 1. The van der Waals surface area contributed by atoms with Crippen LogP contribution in [-0.2, 0) is 14.8 Å². The Morgan fingerprint density at radius 3 is 2.28 bits per heavy atom. The number of halogens is 1. The zero-order valence-corrected chi connectivity index (χ0v) is 19.8. The van der Waals surface area contributed by atoms with Crippen molar-refractivity contribution < 1.29 is 17.9 Å². The smallest absolute Gasteiger partial charge is 0.254 e. The minimum atomic E-state index is -3.70. The third kappa shape index (κ3) is 4.78. The highest BCUT2D eigenvalue weighted by Crippen LogP contribution is 2.27. The lowest BCUT2D eigenvalue weighted by Crippen LogP contribution is -2.49. The van der Waals surface area contributed by atoms with Crippen molar-refractivity contribution in [1.29, 1.82) is 0 Å². The fourth-order valence-electron chi connectivity index (χ4n) is 4.31. The molecule has 2 heterocycles. The predicted molar refractivity (Wildman–Crippen MR) is 125 cm³/mol. The van der Waals surface area contributed by atoms with Gasteiger partial charge < -0.3 is 14.5 Å². The summed E-state index contributed by atoms with van der Waals surface area (Å²) in [7, 11) is -3.70. The molecule has 2 fully saturated rings. The first kappa shape index (κ1) is 23.0. The number of morpholine rings is 1. The van der Waals surface area contributed by atoms with Crippen LogP contribution in [0, 0.1) is 0 Å². The number of benzene rings is 2. The Balaban J connectivity index is 1.47. The molecule has 0 aliphatic carbocycles. The van der Waals surface area contributed by atoms with E-state index in [1.807, 2.05) is 38.1 Å². The number of amides is 1. The summed E-state index contributed by atoms with van der Waals surface area (Å²) in [5, 5.41) is 0.692. The topological polar surface area (TPSA) is 70.2 Å². The largest absolute Gasteiger partial charge is 0.373 e. The molecular weight excluding hydrogens is 450 g/mol. The maximum atomic E-state index is 13.2. The van der Waals surface area contributed by atoms with Crippen molar-refractivity contribution in [1.82, 2.24) is 9.21 Å². The van der Waals surface area contributed by atoms with Crippen molar-refractivity contribution in [3.63, 3.8) is 0 Å². The molecule has 0 bridgehead atoms. The van der Waals surface area contributed by atoms with Crippen LogP contribution in [0.15, 0.2) is 53.4 Å². The summed E-state index contributed by atoms with van der Waals surface area (Å²) >= 11 is 6.30. The van der Waals surface area contributed by atoms with Crippen molar-refractivity contribution >= 4 is 33.2 Å². The van der Waals surface area contributed by atoms with Crippen molar-refractivity contribution in [3.05, 3.63) is 59.1 Å². The van der Waals surface area contributed by atoms with Gasteiger partial charge in [-0.05, 0) is 44.2 Å². The van der Waals surface area contributed by atoms with Gasteiger partial charge in [-0.2, -0.15) is 4.31 Å². The molecule has 9 heteroatoms. The summed E-state index contributed by atoms with van der Waals surface area (Å²) in [5.74, 6) is -0.162. The molecule has 0 aromatic heterocycles. The quantitative estimate of drug-likeness (QED) is 0.676. The van der Waals surface area contributed by atoms with Crippen LogP contribution in [0.25, 0.3) is 0 Å². The van der Waals surface area contributed by atoms with Gasteiger partial charge in [-0.1, -0.05) is 29.8 Å². The maximum absolute atomic E-state index is 13.2. The minimum Gasteiger partial charge on any atom is -0.373 e. The molecule has 2 atom stereocenters. The molecule has 172 valence electrons. The molecule has 0 N–H and O–H groups in total. The van der Waals surface area contributed by atoms with Crippen LogP contribution < -0.4 is 4.90 Å². The molecule has 0 unspecified atom stereocenters. The standard InChI is InChI=1S/C23H28ClN3O4S/c1-17-15-27(16-18(2)31-17)32(29,30)20-7-5-6-19(14-20)23(28)26-12-10-25(11-13-26)22-9-4-3-8-21(22)24/h3-9,14,17-18H,10-13,15-16H2,1-2H3/t17-,18-/m0/s1. The predicted octanol–water partition coefficient (Wildman–Crippen LogP) is 3.10. The Kier molecular flexibility index (Phi) is 6.76. The van der Waals surface area contributed by atoms with Crippen molar-refractivity contribution in [3.8, 4) is 0 Å². The number of anilines is 1. The fourth-order valence-corrected chi connectivity index (χ4v) is 6.20. The number of piperazine rings is 1. The molecule has 2 aromatic carbocycles. The fraction of sp³-hybridized carbons (Fsp3) is 0.435. The van der Waals surface area contributed by atoms with E-state index in [1.165, 1.54) is 10.4 Å². The first-order valence-corrected chi connectivity index (χ1v) is 12.6. The van der Waals surface area contributed by atoms with E-state index in [1.54, 1.807) is 23.1 Å². The van der Waals surface area contributed by atoms with E-state index in [9.17, 15) is 13.2 Å². The summed E-state index contributed by atoms with van der Waals surface area (Å²) in [6.45, 7) is 6.73. The summed E-state index contributed by atoms with van der Waals surface area (Å²) < 4.78 is 33.5. The van der Waals surface area contributed by atoms with Crippen molar-refractivity contribution in [2.45, 2.75) is 31.0 Å². The molecule has 0 radical (unpaired) electrons. The zero-order chi connectivity index (χ0) is 22.9. The Labute approximate surface area is 194 Å². The van der Waals surface area contributed by atoms with Crippen molar-refractivity contribution in [2.24, 2.45) is 0 Å². The number of para-hydroxylation sites is 1. The molecule has 4 rings (SSSR count). The molecule has 2 aliphatic heterocycles. The van der Waals surface area contributed by atoms with Gasteiger partial charge in [0.2, 0.25) is 10.0 Å². The molecule has 1 amide bonds. The zero-order valence-electron chi connectivity index (χ0n) is 18.3. The van der Waals surface area contributed by atoms with Gasteiger partial charge in [-0.15, -0.1) is 0 Å². The number of rotatable bonds is 4. The first-order valence-electron chi connectivity index (χ1n) is 10.8. The van der Waals surface area contributed by atoms with Crippen LogP contribution in [0.3, 0.4) is 0 Å². The van der Waals surface area contributed by atoms with Gasteiger partial charge in [0.15, 0.2) is 0 Å². The van der Waals surface area contributed by atoms with Gasteiger partial charge in [0.1, 0.15) is 0 Å². The first-order chi connectivity index (χ1) is 15.3. The Morgan fingerprint density at radius 1 is 0.969 bits per heavy atom. The third-order valence-electron chi connectivity index (χ3n) is 5.86. The number of sulfonamides is 1. The number of nitrogens with zero attached hydrogens (tertiary/aromatic N) is 3. The molecule has 2 saturated heterocycles. The second kappa shape index (κ2) is 9.39. The molecular formula is C23H28ClN3O4S. The lowest BCUT2D eigenvalue weighted by Gasteiger charge is -2.36. The van der Waals surface area contributed by atoms with E-state index in [0.717, 1.165) is 5.69 Å². The third-order valence-corrected chi connectivity index (χ3v) is 8.01. The van der Waals surface area contributed by atoms with E-state index >= 15 is 0 Å². The second-order valence-electron chi connectivity index (χ2n) is 8.34. The molecule has 2 aromatic rings. The van der Waals surface area contributed by atoms with Crippen LogP contribution in [0.1, 0.15) is 24.2 Å². The van der Waals surface area contributed by atoms with Crippen LogP contribution >= 0.6 is 11.6 Å². The monoisotopic (exact) mass is 477 g/mol. The number of ether oxygens (including phenoxy) is 1. The van der Waals surface area contributed by atoms with Gasteiger partial charge >= 0.3 is 0 Å². The lowest BCUT2D eigenvalue weighted by molar-refractivity contribution is -0.0440. The molecule has 7 nitrogen and oxygen atoms in total. The SMILES string of the molecule is C[C@H]1CN(S(=O)(=O)c2cccc(C(=O)N3CCN(c4ccccc4Cl)CC3)c2)C[C@H](C)O1. The summed E-state index contributed by atoms with van der Waals surface area (Å²) in [5.41, 5.74) is 1.34. The van der Waals surface area contributed by atoms with E-state index in [0.29, 0.717) is 49.9 Å². The van der Waals surface area contributed by atoms with Crippen LogP contribution in [0.5, 0.6) is 0 Å². The molecule has 32 heavy (non-hydrogen) atoms. The van der Waals surface area contributed by atoms with E-state index in [2.05, 4.69) is 4.90 Å². The van der Waals surface area contributed by atoms with Gasteiger partial charge in [-0.25, -0.2) is 8.42 Å².